The largest absolute Gasteiger partial charge is 0.381 e. The normalized spacial score (nSPS) is 19.7. The van der Waals surface area contributed by atoms with Gasteiger partial charge in [-0.25, -0.2) is 0 Å². The molecule has 37 heavy (non-hydrogen) atoms. The molecule has 11 nitrogen and oxygen atoms in total. The van der Waals surface area contributed by atoms with Crippen molar-refractivity contribution in [2.45, 2.75) is 57.5 Å². The molecule has 1 aliphatic heterocycles. The minimum absolute atomic E-state index is 0.0179. The molecule has 1 aliphatic carbocycles. The zero-order valence-corrected chi connectivity index (χ0v) is 21.7. The van der Waals surface area contributed by atoms with E-state index in [9.17, 15) is 13.5 Å². The molecule has 2 aliphatic rings. The van der Waals surface area contributed by atoms with Crippen LogP contribution in [0.15, 0.2) is 24.4 Å². The predicted molar refractivity (Wildman–Crippen MR) is 137 cm³/mol. The number of ether oxygens (including phenoxy) is 3. The first kappa shape index (κ1) is 27.0. The van der Waals surface area contributed by atoms with Crippen molar-refractivity contribution in [1.29, 1.82) is 0 Å². The predicted octanol–water partition coefficient (Wildman–Crippen LogP) is 3.86. The maximum Gasteiger partial charge on any atom is 0.256 e. The van der Waals surface area contributed by atoms with Crippen molar-refractivity contribution in [2.24, 2.45) is 0 Å². The molecule has 0 bridgehead atoms. The Balaban J connectivity index is 0.000000480. The van der Waals surface area contributed by atoms with Gasteiger partial charge < -0.3 is 24.8 Å². The number of hydrogen-bond donors (Lipinski definition) is 3. The minimum Gasteiger partial charge on any atom is -0.381 e. The lowest BCUT2D eigenvalue weighted by Crippen LogP contribution is -2.19. The third-order valence-electron chi connectivity index (χ3n) is 6.26. The highest BCUT2D eigenvalue weighted by atomic mass is 32.2. The Morgan fingerprint density at radius 2 is 2.08 bits per heavy atom. The molecule has 2 fully saturated rings. The monoisotopic (exact) mass is 534 g/mol. The van der Waals surface area contributed by atoms with E-state index in [-0.39, 0.29) is 30.4 Å². The second kappa shape index (κ2) is 12.5. The van der Waals surface area contributed by atoms with Crippen LogP contribution in [0, 0.1) is 0 Å². The van der Waals surface area contributed by atoms with Crippen LogP contribution in [-0.2, 0) is 19.0 Å². The molecule has 13 heteroatoms. The van der Waals surface area contributed by atoms with Gasteiger partial charge in [0.2, 0.25) is 6.41 Å². The van der Waals surface area contributed by atoms with Gasteiger partial charge in [0, 0.05) is 47.3 Å². The van der Waals surface area contributed by atoms with Crippen LogP contribution in [-0.4, -0.2) is 64.2 Å². The number of fused-ring (bicyclic) bond motifs is 1. The van der Waals surface area contributed by atoms with Crippen molar-refractivity contribution < 1.29 is 27.7 Å². The lowest BCUT2D eigenvalue weighted by Gasteiger charge is -2.13. The number of benzene rings is 1. The van der Waals surface area contributed by atoms with Crippen molar-refractivity contribution in [3.8, 4) is 0 Å². The molecule has 3 aromatic rings. The summed E-state index contributed by atoms with van der Waals surface area (Å²) in [4.78, 5) is 22.5. The Bertz CT molecular complexity index is 1210. The number of halogens is 1. The Kier molecular flexibility index (Phi) is 9.14. The maximum absolute atomic E-state index is 13.3. The van der Waals surface area contributed by atoms with E-state index < -0.39 is 6.29 Å². The molecule has 200 valence electrons. The van der Waals surface area contributed by atoms with Crippen LogP contribution in [0.4, 0.5) is 9.70 Å². The molecule has 2 aromatic heterocycles. The average Bonchev–Trinajstić information content (AvgIpc) is 3.70. The standard InChI is InChI=1S/C20H22FN5O4S.C4H9NO/c1-28-14-3-2-11(7-14)16-9-17(25-24-16)23-19(27)12-6-13-10-22-26(31-21)18(13)15(8-12)20-29-4-5-30-20;1-4(2)5-3-6/h6,8-11,14,20H,2-5,7H2,1H3,(H2,23,24,25,27);3-4H,1-2H3,(H,5,6). The van der Waals surface area contributed by atoms with Gasteiger partial charge in [-0.3, -0.25) is 14.7 Å². The number of aromatic nitrogens is 4. The van der Waals surface area contributed by atoms with E-state index >= 15 is 0 Å². The van der Waals surface area contributed by atoms with E-state index in [0.29, 0.717) is 53.4 Å². The number of nitrogens with one attached hydrogen (secondary N) is 3. The summed E-state index contributed by atoms with van der Waals surface area (Å²) < 4.78 is 31.1. The SMILES string of the molecule is CC(C)NC=O.COC1CCC(c2cc(NC(=O)c3cc(C4OCCO4)c4c(cnn4SF)c3)n[nH]2)C1. The number of H-pyrrole nitrogens is 1. The summed E-state index contributed by atoms with van der Waals surface area (Å²) in [6.07, 6.45) is 4.77. The van der Waals surface area contributed by atoms with Gasteiger partial charge in [-0.05, 0) is 45.2 Å². The van der Waals surface area contributed by atoms with E-state index in [0.717, 1.165) is 29.0 Å². The molecule has 3 N–H and O–H groups in total. The van der Waals surface area contributed by atoms with E-state index in [1.807, 2.05) is 19.9 Å². The van der Waals surface area contributed by atoms with Crippen LogP contribution >= 0.6 is 12.3 Å². The zero-order chi connectivity index (χ0) is 26.4. The first-order valence-electron chi connectivity index (χ1n) is 12.1. The fourth-order valence-corrected chi connectivity index (χ4v) is 4.81. The number of aromatic amines is 1. The molecule has 5 rings (SSSR count). The molecule has 1 saturated carbocycles. The van der Waals surface area contributed by atoms with Gasteiger partial charge in [-0.2, -0.15) is 14.3 Å². The molecule has 3 heterocycles. The Morgan fingerprint density at radius 1 is 1.30 bits per heavy atom. The highest BCUT2D eigenvalue weighted by molar-refractivity contribution is 7.92. The molecule has 2 unspecified atom stereocenters. The van der Waals surface area contributed by atoms with Gasteiger partial charge in [0.25, 0.3) is 5.91 Å². The van der Waals surface area contributed by atoms with Crippen LogP contribution in [0.5, 0.6) is 0 Å². The molecule has 0 spiro atoms. The summed E-state index contributed by atoms with van der Waals surface area (Å²) in [5.41, 5.74) is 2.45. The van der Waals surface area contributed by atoms with Crippen LogP contribution in [0.1, 0.15) is 66.9 Å². The number of nitrogens with zero attached hydrogens (tertiary/aromatic N) is 3. The number of carbonyl (C=O) groups is 2. The number of carbonyl (C=O) groups excluding carboxylic acids is 2. The Labute approximate surface area is 218 Å². The summed E-state index contributed by atoms with van der Waals surface area (Å²) in [5, 5.41) is 17.3. The first-order valence-corrected chi connectivity index (χ1v) is 12.7. The van der Waals surface area contributed by atoms with Gasteiger partial charge in [0.15, 0.2) is 24.4 Å². The van der Waals surface area contributed by atoms with Crippen molar-refractivity contribution in [2.75, 3.05) is 25.6 Å². The molecule has 2 amide bonds. The van der Waals surface area contributed by atoms with Crippen LogP contribution < -0.4 is 10.6 Å². The summed E-state index contributed by atoms with van der Waals surface area (Å²) in [6.45, 7) is 4.68. The summed E-state index contributed by atoms with van der Waals surface area (Å²) in [7, 11) is 1.73. The smallest absolute Gasteiger partial charge is 0.256 e. The number of methoxy groups -OCH3 is 1. The fourth-order valence-electron chi connectivity index (χ4n) is 4.44. The molecule has 1 saturated heterocycles. The molecule has 2 atom stereocenters. The second-order valence-corrected chi connectivity index (χ2v) is 9.62. The molecular weight excluding hydrogens is 503 g/mol. The van der Waals surface area contributed by atoms with Crippen molar-refractivity contribution >= 4 is 41.4 Å². The van der Waals surface area contributed by atoms with E-state index in [1.54, 1.807) is 19.2 Å². The van der Waals surface area contributed by atoms with Crippen molar-refractivity contribution in [3.63, 3.8) is 0 Å². The number of anilines is 1. The molecule has 0 radical (unpaired) electrons. The fraction of sp³-hybridized carbons (Fsp3) is 0.500. The van der Waals surface area contributed by atoms with E-state index in [1.165, 1.54) is 6.20 Å². The van der Waals surface area contributed by atoms with Crippen molar-refractivity contribution in [1.82, 2.24) is 24.7 Å². The molecule has 1 aromatic carbocycles. The van der Waals surface area contributed by atoms with Gasteiger partial charge >= 0.3 is 0 Å². The van der Waals surface area contributed by atoms with Gasteiger partial charge in [-0.1, -0.05) is 0 Å². The Morgan fingerprint density at radius 3 is 2.70 bits per heavy atom. The minimum atomic E-state index is -0.675. The first-order chi connectivity index (χ1) is 17.9. The summed E-state index contributed by atoms with van der Waals surface area (Å²) >= 11 is -0.0179. The maximum atomic E-state index is 13.3. The average molecular weight is 535 g/mol. The quantitative estimate of drug-likeness (QED) is 0.371. The number of rotatable bonds is 8. The van der Waals surface area contributed by atoms with E-state index in [4.69, 9.17) is 14.2 Å². The van der Waals surface area contributed by atoms with Crippen molar-refractivity contribution in [3.05, 3.63) is 41.2 Å². The number of hydrogen-bond acceptors (Lipinski definition) is 8. The molecular formula is C24H31FN6O5S. The summed E-state index contributed by atoms with van der Waals surface area (Å²) in [5.74, 6) is 0.457. The second-order valence-electron chi connectivity index (χ2n) is 9.13. The topological polar surface area (TPSA) is 132 Å². The lowest BCUT2D eigenvalue weighted by molar-refractivity contribution is -0.109. The van der Waals surface area contributed by atoms with Crippen LogP contribution in [0.3, 0.4) is 0 Å². The van der Waals surface area contributed by atoms with Crippen LogP contribution in [0.2, 0.25) is 0 Å². The third kappa shape index (κ3) is 6.47. The Hall–Kier alpha value is -3.00. The summed E-state index contributed by atoms with van der Waals surface area (Å²) in [6, 6.07) is 5.45. The van der Waals surface area contributed by atoms with E-state index in [2.05, 4.69) is 25.9 Å². The lowest BCUT2D eigenvalue weighted by atomic mass is 10.0. The highest BCUT2D eigenvalue weighted by Crippen LogP contribution is 2.36. The highest BCUT2D eigenvalue weighted by Gasteiger charge is 2.28. The third-order valence-corrected chi connectivity index (χ3v) is 6.67. The van der Waals surface area contributed by atoms with Crippen LogP contribution in [0.25, 0.3) is 10.9 Å². The number of amides is 2. The van der Waals surface area contributed by atoms with Gasteiger partial charge in [0.05, 0.1) is 31.0 Å². The van der Waals surface area contributed by atoms with Gasteiger partial charge in [0.1, 0.15) is 0 Å². The zero-order valence-electron chi connectivity index (χ0n) is 20.9. The van der Waals surface area contributed by atoms with Gasteiger partial charge in [-0.15, -0.1) is 3.89 Å².